The van der Waals surface area contributed by atoms with Crippen molar-refractivity contribution in [3.05, 3.63) is 60.0 Å². The van der Waals surface area contributed by atoms with E-state index in [9.17, 15) is 9.59 Å². The summed E-state index contributed by atoms with van der Waals surface area (Å²) in [4.78, 5) is 31.3. The first-order chi connectivity index (χ1) is 15.0. The number of ether oxygens (including phenoxy) is 1. The number of likely N-dealkylation sites (tertiary alicyclic amines) is 1. The lowest BCUT2D eigenvalue weighted by Crippen LogP contribution is -2.28. The highest BCUT2D eigenvalue weighted by Crippen LogP contribution is 2.37. The summed E-state index contributed by atoms with van der Waals surface area (Å²) in [5.41, 5.74) is 3.44. The van der Waals surface area contributed by atoms with E-state index >= 15 is 0 Å². The molecule has 2 aromatic heterocycles. The van der Waals surface area contributed by atoms with Gasteiger partial charge in [0.2, 0.25) is 11.8 Å². The van der Waals surface area contributed by atoms with E-state index in [1.54, 1.807) is 36.1 Å². The number of aromatic nitrogens is 3. The summed E-state index contributed by atoms with van der Waals surface area (Å²) < 4.78 is 7.16. The van der Waals surface area contributed by atoms with Gasteiger partial charge >= 0.3 is 0 Å². The SMILES string of the molecule is COc1ccccc1-c1c(C)nn(C)c1NC(=O)C1CC(=O)N(Cc2ccncc2)C1. The van der Waals surface area contributed by atoms with Gasteiger partial charge in [0, 0.05) is 44.5 Å². The summed E-state index contributed by atoms with van der Waals surface area (Å²) in [6.45, 7) is 2.75. The molecule has 160 valence electrons. The number of hydrogen-bond donors (Lipinski definition) is 1. The fourth-order valence-electron chi connectivity index (χ4n) is 4.00. The number of amides is 2. The van der Waals surface area contributed by atoms with Crippen LogP contribution in [0.1, 0.15) is 17.7 Å². The van der Waals surface area contributed by atoms with Gasteiger partial charge in [0.05, 0.1) is 24.3 Å². The van der Waals surface area contributed by atoms with E-state index in [0.717, 1.165) is 22.4 Å². The predicted octanol–water partition coefficient (Wildman–Crippen LogP) is 2.79. The number of carbonyl (C=O) groups excluding carboxylic acids is 2. The lowest BCUT2D eigenvalue weighted by atomic mass is 10.0. The molecular formula is C23H25N5O3. The molecule has 1 unspecified atom stereocenters. The van der Waals surface area contributed by atoms with E-state index in [1.165, 1.54) is 0 Å². The Bertz CT molecular complexity index is 1110. The van der Waals surface area contributed by atoms with Gasteiger partial charge in [-0.15, -0.1) is 0 Å². The Hall–Kier alpha value is -3.68. The molecule has 8 heteroatoms. The van der Waals surface area contributed by atoms with Crippen LogP contribution in [0.15, 0.2) is 48.8 Å². The molecule has 8 nitrogen and oxygen atoms in total. The second-order valence-corrected chi connectivity index (χ2v) is 7.65. The first kappa shape index (κ1) is 20.6. The van der Waals surface area contributed by atoms with Gasteiger partial charge in [-0.1, -0.05) is 18.2 Å². The van der Waals surface area contributed by atoms with Crippen molar-refractivity contribution in [2.24, 2.45) is 13.0 Å². The Morgan fingerprint density at radius 2 is 1.97 bits per heavy atom. The zero-order chi connectivity index (χ0) is 22.0. The Labute approximate surface area is 180 Å². The maximum absolute atomic E-state index is 13.1. The van der Waals surface area contributed by atoms with E-state index in [0.29, 0.717) is 24.7 Å². The molecule has 0 aliphatic carbocycles. The number of aryl methyl sites for hydroxylation is 2. The van der Waals surface area contributed by atoms with Crippen LogP contribution in [0.3, 0.4) is 0 Å². The summed E-state index contributed by atoms with van der Waals surface area (Å²) in [6.07, 6.45) is 3.59. The molecule has 3 aromatic rings. The van der Waals surface area contributed by atoms with Crippen molar-refractivity contribution < 1.29 is 14.3 Å². The van der Waals surface area contributed by atoms with Crippen molar-refractivity contribution in [2.45, 2.75) is 19.9 Å². The topological polar surface area (TPSA) is 89.3 Å². The van der Waals surface area contributed by atoms with Crippen LogP contribution in [-0.2, 0) is 23.2 Å². The fourth-order valence-corrected chi connectivity index (χ4v) is 4.00. The second-order valence-electron chi connectivity index (χ2n) is 7.65. The average molecular weight is 419 g/mol. The molecule has 1 aliphatic heterocycles. The number of pyridine rings is 1. The molecule has 1 fully saturated rings. The third-order valence-corrected chi connectivity index (χ3v) is 5.55. The predicted molar refractivity (Wildman–Crippen MR) is 116 cm³/mol. The number of rotatable bonds is 6. The van der Waals surface area contributed by atoms with Crippen molar-refractivity contribution in [1.29, 1.82) is 0 Å². The highest BCUT2D eigenvalue weighted by Gasteiger charge is 2.35. The molecular weight excluding hydrogens is 394 g/mol. The van der Waals surface area contributed by atoms with Crippen LogP contribution in [0.2, 0.25) is 0 Å². The van der Waals surface area contributed by atoms with Gasteiger partial charge in [-0.3, -0.25) is 19.3 Å². The number of benzene rings is 1. The van der Waals surface area contributed by atoms with Crippen LogP contribution in [0, 0.1) is 12.8 Å². The Kier molecular flexibility index (Phi) is 5.70. The Balaban J connectivity index is 1.54. The third kappa shape index (κ3) is 4.14. The smallest absolute Gasteiger partial charge is 0.230 e. The molecule has 1 N–H and O–H groups in total. The van der Waals surface area contributed by atoms with E-state index in [2.05, 4.69) is 15.4 Å². The van der Waals surface area contributed by atoms with Gasteiger partial charge in [0.1, 0.15) is 11.6 Å². The summed E-state index contributed by atoms with van der Waals surface area (Å²) in [5, 5.41) is 7.50. The molecule has 0 saturated carbocycles. The number of nitrogens with one attached hydrogen (secondary N) is 1. The van der Waals surface area contributed by atoms with Crippen LogP contribution < -0.4 is 10.1 Å². The van der Waals surface area contributed by atoms with Crippen LogP contribution in [0.5, 0.6) is 5.75 Å². The first-order valence-corrected chi connectivity index (χ1v) is 10.1. The van der Waals surface area contributed by atoms with Gasteiger partial charge in [-0.05, 0) is 30.7 Å². The summed E-state index contributed by atoms with van der Waals surface area (Å²) in [6, 6.07) is 11.4. The molecule has 4 rings (SSSR count). The molecule has 0 bridgehead atoms. The minimum Gasteiger partial charge on any atom is -0.496 e. The van der Waals surface area contributed by atoms with Gasteiger partial charge < -0.3 is 15.0 Å². The van der Waals surface area contributed by atoms with E-state index < -0.39 is 5.92 Å². The van der Waals surface area contributed by atoms with E-state index in [-0.39, 0.29) is 18.2 Å². The number of para-hydroxylation sites is 1. The van der Waals surface area contributed by atoms with Gasteiger partial charge in [-0.2, -0.15) is 5.10 Å². The molecule has 2 amide bonds. The van der Waals surface area contributed by atoms with Crippen molar-refractivity contribution in [2.75, 3.05) is 19.0 Å². The van der Waals surface area contributed by atoms with Crippen molar-refractivity contribution >= 4 is 17.6 Å². The number of nitrogens with zero attached hydrogens (tertiary/aromatic N) is 4. The number of anilines is 1. The highest BCUT2D eigenvalue weighted by molar-refractivity contribution is 6.00. The molecule has 1 atom stereocenters. The van der Waals surface area contributed by atoms with Crippen LogP contribution >= 0.6 is 0 Å². The number of hydrogen-bond acceptors (Lipinski definition) is 5. The normalized spacial score (nSPS) is 15.9. The summed E-state index contributed by atoms with van der Waals surface area (Å²) in [7, 11) is 3.40. The summed E-state index contributed by atoms with van der Waals surface area (Å²) in [5.74, 6) is 0.656. The monoisotopic (exact) mass is 419 g/mol. The number of methoxy groups -OCH3 is 1. The molecule has 1 aliphatic rings. The Morgan fingerprint density at radius 1 is 1.23 bits per heavy atom. The van der Waals surface area contributed by atoms with Gasteiger partial charge in [0.15, 0.2) is 0 Å². The fraction of sp³-hybridized carbons (Fsp3) is 0.304. The minimum absolute atomic E-state index is 0.0249. The van der Waals surface area contributed by atoms with Crippen molar-refractivity contribution in [3.8, 4) is 16.9 Å². The average Bonchev–Trinajstić information content (AvgIpc) is 3.27. The number of carbonyl (C=O) groups is 2. The van der Waals surface area contributed by atoms with Gasteiger partial charge in [0.25, 0.3) is 0 Å². The zero-order valence-electron chi connectivity index (χ0n) is 17.8. The molecule has 31 heavy (non-hydrogen) atoms. The molecule has 3 heterocycles. The van der Waals surface area contributed by atoms with E-state index in [1.807, 2.05) is 43.3 Å². The first-order valence-electron chi connectivity index (χ1n) is 10.1. The van der Waals surface area contributed by atoms with Crippen LogP contribution in [-0.4, -0.2) is 45.1 Å². The van der Waals surface area contributed by atoms with Crippen molar-refractivity contribution in [1.82, 2.24) is 19.7 Å². The van der Waals surface area contributed by atoms with Gasteiger partial charge in [-0.25, -0.2) is 0 Å². The van der Waals surface area contributed by atoms with Crippen LogP contribution in [0.25, 0.3) is 11.1 Å². The standard InChI is InChI=1S/C23H25N5O3/c1-15-21(18-6-4-5-7-19(18)31-3)22(27(2)26-15)25-23(30)17-12-20(29)28(14-17)13-16-8-10-24-11-9-16/h4-11,17H,12-14H2,1-3H3,(H,25,30). The lowest BCUT2D eigenvalue weighted by Gasteiger charge is -2.17. The maximum Gasteiger partial charge on any atom is 0.230 e. The quantitative estimate of drug-likeness (QED) is 0.664. The summed E-state index contributed by atoms with van der Waals surface area (Å²) >= 11 is 0. The van der Waals surface area contributed by atoms with E-state index in [4.69, 9.17) is 4.74 Å². The zero-order valence-corrected chi connectivity index (χ0v) is 17.8. The molecule has 1 saturated heterocycles. The minimum atomic E-state index is -0.421. The van der Waals surface area contributed by atoms with Crippen LogP contribution in [0.4, 0.5) is 5.82 Å². The Morgan fingerprint density at radius 3 is 2.71 bits per heavy atom. The maximum atomic E-state index is 13.1. The molecule has 0 radical (unpaired) electrons. The highest BCUT2D eigenvalue weighted by atomic mass is 16.5. The largest absolute Gasteiger partial charge is 0.496 e. The molecule has 0 spiro atoms. The second kappa shape index (κ2) is 8.59. The van der Waals surface area contributed by atoms with Crippen molar-refractivity contribution in [3.63, 3.8) is 0 Å². The lowest BCUT2D eigenvalue weighted by molar-refractivity contribution is -0.128. The third-order valence-electron chi connectivity index (χ3n) is 5.55. The molecule has 1 aromatic carbocycles.